The molecule has 1 aromatic heterocycles. The summed E-state index contributed by atoms with van der Waals surface area (Å²) in [5.74, 6) is 0. The third-order valence-electron chi connectivity index (χ3n) is 3.11. The number of hydrogen-bond acceptors (Lipinski definition) is 3. The van der Waals surface area contributed by atoms with E-state index < -0.39 is 0 Å². The maximum absolute atomic E-state index is 9.15. The minimum absolute atomic E-state index is 0.197. The van der Waals surface area contributed by atoms with Crippen LogP contribution in [0.15, 0.2) is 18.3 Å². The maximum Gasteiger partial charge on any atom is 0.0605 e. The summed E-state index contributed by atoms with van der Waals surface area (Å²) < 4.78 is 0. The molecular formula is C12H18N2O. The summed E-state index contributed by atoms with van der Waals surface area (Å²) in [6.45, 7) is 2.29. The highest BCUT2D eigenvalue weighted by Gasteiger charge is 2.24. The minimum Gasteiger partial charge on any atom is -0.395 e. The van der Waals surface area contributed by atoms with Gasteiger partial charge in [0, 0.05) is 12.2 Å². The third kappa shape index (κ3) is 2.19. The number of aryl methyl sites for hydroxylation is 1. The first-order valence-electron chi connectivity index (χ1n) is 5.65. The van der Waals surface area contributed by atoms with Crippen LogP contribution in [0.25, 0.3) is 0 Å². The first kappa shape index (κ1) is 10.6. The number of aliphatic hydroxyl groups is 1. The number of aliphatic hydroxyl groups excluding tert-OH is 1. The summed E-state index contributed by atoms with van der Waals surface area (Å²) in [7, 11) is 0. The second kappa shape index (κ2) is 4.73. The molecule has 1 aliphatic rings. The van der Waals surface area contributed by atoms with Gasteiger partial charge in [-0.05, 0) is 30.9 Å². The largest absolute Gasteiger partial charge is 0.395 e. The van der Waals surface area contributed by atoms with Gasteiger partial charge >= 0.3 is 0 Å². The van der Waals surface area contributed by atoms with E-state index in [0.29, 0.717) is 6.04 Å². The molecule has 0 saturated heterocycles. The Balaban J connectivity index is 2.07. The normalized spacial score (nSPS) is 21.3. The number of rotatable bonds is 4. The topological polar surface area (TPSA) is 45.1 Å². The van der Waals surface area contributed by atoms with Crippen LogP contribution in [0.3, 0.4) is 0 Å². The van der Waals surface area contributed by atoms with Crippen LogP contribution in [0.4, 0.5) is 0 Å². The van der Waals surface area contributed by atoms with E-state index in [4.69, 9.17) is 5.11 Å². The van der Waals surface area contributed by atoms with Crippen LogP contribution in [-0.4, -0.2) is 22.7 Å². The average molecular weight is 206 g/mol. The molecule has 0 saturated carbocycles. The molecule has 2 atom stereocenters. The number of aromatic nitrogens is 1. The Hall–Kier alpha value is -0.930. The monoisotopic (exact) mass is 206 g/mol. The van der Waals surface area contributed by atoms with E-state index in [2.05, 4.69) is 23.3 Å². The molecule has 3 nitrogen and oxygen atoms in total. The number of nitrogens with zero attached hydrogens (tertiary/aromatic N) is 1. The van der Waals surface area contributed by atoms with Crippen LogP contribution >= 0.6 is 0 Å². The zero-order valence-electron chi connectivity index (χ0n) is 9.11. The molecule has 1 aliphatic carbocycles. The smallest absolute Gasteiger partial charge is 0.0605 e. The molecule has 1 aromatic rings. The zero-order chi connectivity index (χ0) is 10.7. The van der Waals surface area contributed by atoms with E-state index >= 15 is 0 Å². The predicted molar refractivity (Wildman–Crippen MR) is 59.6 cm³/mol. The first-order chi connectivity index (χ1) is 7.35. The Labute approximate surface area is 90.5 Å². The number of fused-ring (bicyclic) bond motifs is 1. The van der Waals surface area contributed by atoms with Gasteiger partial charge in [0.2, 0.25) is 0 Å². The molecule has 0 aromatic carbocycles. The van der Waals surface area contributed by atoms with Crippen LogP contribution in [0.2, 0.25) is 0 Å². The second-order valence-electron chi connectivity index (χ2n) is 4.09. The van der Waals surface area contributed by atoms with E-state index in [1.54, 1.807) is 0 Å². The van der Waals surface area contributed by atoms with E-state index in [1.807, 2.05) is 12.3 Å². The van der Waals surface area contributed by atoms with Gasteiger partial charge in [-0.1, -0.05) is 13.0 Å². The van der Waals surface area contributed by atoms with Crippen molar-refractivity contribution in [2.24, 2.45) is 0 Å². The standard InChI is InChI=1S/C12H18N2O/c1-2-10(8-15)14-11-6-5-9-4-3-7-13-12(9)11/h3-4,7,10-11,14-15H,2,5-6,8H2,1H3/t10-,11?/m0/s1. The molecule has 1 heterocycles. The number of pyridine rings is 1. The summed E-state index contributed by atoms with van der Waals surface area (Å²) in [5, 5.41) is 12.6. The molecule has 1 unspecified atom stereocenters. The Morgan fingerprint density at radius 1 is 1.67 bits per heavy atom. The molecule has 82 valence electrons. The Morgan fingerprint density at radius 2 is 2.53 bits per heavy atom. The minimum atomic E-state index is 0.197. The van der Waals surface area contributed by atoms with Gasteiger partial charge in [0.05, 0.1) is 18.3 Å². The molecule has 0 bridgehead atoms. The summed E-state index contributed by atoms with van der Waals surface area (Å²) >= 11 is 0. The lowest BCUT2D eigenvalue weighted by molar-refractivity contribution is 0.227. The molecule has 2 N–H and O–H groups in total. The molecule has 0 aliphatic heterocycles. The molecule has 0 spiro atoms. The number of nitrogens with one attached hydrogen (secondary N) is 1. The highest BCUT2D eigenvalue weighted by molar-refractivity contribution is 5.27. The van der Waals surface area contributed by atoms with Gasteiger partial charge in [-0.3, -0.25) is 4.98 Å². The molecule has 0 amide bonds. The summed E-state index contributed by atoms with van der Waals surface area (Å²) in [6.07, 6.45) is 5.00. The zero-order valence-corrected chi connectivity index (χ0v) is 9.11. The van der Waals surface area contributed by atoms with E-state index in [1.165, 1.54) is 11.3 Å². The van der Waals surface area contributed by atoms with Crippen LogP contribution in [-0.2, 0) is 6.42 Å². The summed E-state index contributed by atoms with van der Waals surface area (Å²) in [5.41, 5.74) is 2.52. The van der Waals surface area contributed by atoms with Crippen LogP contribution in [0.1, 0.15) is 37.1 Å². The quantitative estimate of drug-likeness (QED) is 0.783. The average Bonchev–Trinajstić information content (AvgIpc) is 2.69. The number of hydrogen-bond donors (Lipinski definition) is 2. The molecular weight excluding hydrogens is 188 g/mol. The molecule has 2 rings (SSSR count). The van der Waals surface area contributed by atoms with Gasteiger partial charge in [-0.15, -0.1) is 0 Å². The third-order valence-corrected chi connectivity index (χ3v) is 3.11. The van der Waals surface area contributed by atoms with Gasteiger partial charge < -0.3 is 10.4 Å². The highest BCUT2D eigenvalue weighted by Crippen LogP contribution is 2.29. The van der Waals surface area contributed by atoms with Gasteiger partial charge in [0.15, 0.2) is 0 Å². The fourth-order valence-electron chi connectivity index (χ4n) is 2.16. The maximum atomic E-state index is 9.15. The SMILES string of the molecule is CC[C@@H](CO)NC1CCc2cccnc21. The Morgan fingerprint density at radius 3 is 3.27 bits per heavy atom. The van der Waals surface area contributed by atoms with Gasteiger partial charge in [-0.2, -0.15) is 0 Å². The van der Waals surface area contributed by atoms with Crippen molar-refractivity contribution in [2.75, 3.05) is 6.61 Å². The lowest BCUT2D eigenvalue weighted by atomic mass is 10.1. The van der Waals surface area contributed by atoms with Crippen molar-refractivity contribution >= 4 is 0 Å². The van der Waals surface area contributed by atoms with Crippen molar-refractivity contribution in [1.82, 2.24) is 10.3 Å². The van der Waals surface area contributed by atoms with Crippen LogP contribution in [0.5, 0.6) is 0 Å². The highest BCUT2D eigenvalue weighted by atomic mass is 16.3. The van der Waals surface area contributed by atoms with Crippen molar-refractivity contribution in [3.63, 3.8) is 0 Å². The first-order valence-corrected chi connectivity index (χ1v) is 5.65. The van der Waals surface area contributed by atoms with Gasteiger partial charge in [0.25, 0.3) is 0 Å². The van der Waals surface area contributed by atoms with E-state index in [-0.39, 0.29) is 12.6 Å². The van der Waals surface area contributed by atoms with Crippen LogP contribution in [0, 0.1) is 0 Å². The van der Waals surface area contributed by atoms with Gasteiger partial charge in [0.1, 0.15) is 0 Å². The molecule has 15 heavy (non-hydrogen) atoms. The van der Waals surface area contributed by atoms with E-state index in [9.17, 15) is 0 Å². The fraction of sp³-hybridized carbons (Fsp3) is 0.583. The lowest BCUT2D eigenvalue weighted by Gasteiger charge is -2.19. The van der Waals surface area contributed by atoms with Crippen LogP contribution < -0.4 is 5.32 Å². The van der Waals surface area contributed by atoms with Crippen molar-refractivity contribution in [3.8, 4) is 0 Å². The Bertz CT molecular complexity index is 323. The second-order valence-corrected chi connectivity index (χ2v) is 4.09. The molecule has 3 heteroatoms. The van der Waals surface area contributed by atoms with Crippen molar-refractivity contribution in [3.05, 3.63) is 29.6 Å². The van der Waals surface area contributed by atoms with Crippen molar-refractivity contribution in [2.45, 2.75) is 38.3 Å². The Kier molecular flexibility index (Phi) is 3.34. The van der Waals surface area contributed by atoms with Crippen molar-refractivity contribution < 1.29 is 5.11 Å². The fourth-order valence-corrected chi connectivity index (χ4v) is 2.16. The van der Waals surface area contributed by atoms with Gasteiger partial charge in [-0.25, -0.2) is 0 Å². The molecule has 0 radical (unpaired) electrons. The van der Waals surface area contributed by atoms with Crippen molar-refractivity contribution in [1.29, 1.82) is 0 Å². The van der Waals surface area contributed by atoms with E-state index in [0.717, 1.165) is 19.3 Å². The summed E-state index contributed by atoms with van der Waals surface area (Å²) in [4.78, 5) is 4.42. The lowest BCUT2D eigenvalue weighted by Crippen LogP contribution is -2.34. The summed E-state index contributed by atoms with van der Waals surface area (Å²) in [6, 6.07) is 4.66. The molecule has 0 fully saturated rings. The predicted octanol–water partition coefficient (Wildman–Crippen LogP) is 1.43.